The van der Waals surface area contributed by atoms with E-state index in [1.54, 1.807) is 23.5 Å². The Bertz CT molecular complexity index is 718. The summed E-state index contributed by atoms with van der Waals surface area (Å²) in [6.45, 7) is 4.07. The quantitative estimate of drug-likeness (QED) is 0.716. The molecule has 0 aliphatic heterocycles. The van der Waals surface area contributed by atoms with Gasteiger partial charge in [-0.1, -0.05) is 0 Å². The van der Waals surface area contributed by atoms with Crippen molar-refractivity contribution in [1.82, 2.24) is 9.97 Å². The van der Waals surface area contributed by atoms with E-state index >= 15 is 0 Å². The molecule has 98 valence electrons. The maximum absolute atomic E-state index is 5.72. The Balaban J connectivity index is 1.85. The minimum atomic E-state index is 0.0594. The Hall–Kier alpha value is -2.08. The standard InChI is InChI=1S/C13H14N4OS/c1-7-6-15-12(19-7)8(2)16-13-17-10-5-9(14)3-4-11(10)18-13/h3-6,8H,14H2,1-2H3,(H,16,17). The smallest absolute Gasteiger partial charge is 0.296 e. The summed E-state index contributed by atoms with van der Waals surface area (Å²) in [5.41, 5.74) is 7.87. The number of aryl methyl sites for hydroxylation is 1. The fourth-order valence-electron chi connectivity index (χ4n) is 1.83. The summed E-state index contributed by atoms with van der Waals surface area (Å²) in [4.78, 5) is 9.90. The average molecular weight is 274 g/mol. The first-order valence-electron chi connectivity index (χ1n) is 5.97. The van der Waals surface area contributed by atoms with Crippen molar-refractivity contribution in [2.24, 2.45) is 0 Å². The molecule has 0 aliphatic carbocycles. The molecule has 0 bridgehead atoms. The molecule has 0 saturated heterocycles. The molecule has 0 radical (unpaired) electrons. The van der Waals surface area contributed by atoms with Gasteiger partial charge in [-0.3, -0.25) is 0 Å². The summed E-state index contributed by atoms with van der Waals surface area (Å²) >= 11 is 1.66. The molecule has 0 spiro atoms. The minimum Gasteiger partial charge on any atom is -0.424 e. The van der Waals surface area contributed by atoms with Crippen molar-refractivity contribution in [2.45, 2.75) is 19.9 Å². The van der Waals surface area contributed by atoms with E-state index in [0.717, 1.165) is 16.1 Å². The van der Waals surface area contributed by atoms with Gasteiger partial charge in [0.1, 0.15) is 10.5 Å². The highest BCUT2D eigenvalue weighted by Crippen LogP contribution is 2.26. The van der Waals surface area contributed by atoms with E-state index in [-0.39, 0.29) is 6.04 Å². The van der Waals surface area contributed by atoms with Crippen molar-refractivity contribution in [1.29, 1.82) is 0 Å². The van der Waals surface area contributed by atoms with Gasteiger partial charge in [-0.15, -0.1) is 11.3 Å². The van der Waals surface area contributed by atoms with Gasteiger partial charge in [-0.05, 0) is 32.0 Å². The van der Waals surface area contributed by atoms with Crippen LogP contribution in [0.3, 0.4) is 0 Å². The van der Waals surface area contributed by atoms with Gasteiger partial charge in [0.15, 0.2) is 5.58 Å². The van der Waals surface area contributed by atoms with Crippen LogP contribution in [0, 0.1) is 6.92 Å². The molecule has 19 heavy (non-hydrogen) atoms. The van der Waals surface area contributed by atoms with Gasteiger partial charge >= 0.3 is 0 Å². The molecule has 3 aromatic rings. The number of fused-ring (bicyclic) bond motifs is 1. The molecule has 0 saturated carbocycles. The Labute approximate surface area is 114 Å². The molecule has 0 amide bonds. The van der Waals surface area contributed by atoms with Crippen LogP contribution in [-0.4, -0.2) is 9.97 Å². The predicted octanol–water partition coefficient (Wildman–Crippen LogP) is 3.35. The second-order valence-corrected chi connectivity index (χ2v) is 5.69. The molecular weight excluding hydrogens is 260 g/mol. The number of nitrogens with two attached hydrogens (primary N) is 1. The fraction of sp³-hybridized carbons (Fsp3) is 0.231. The molecule has 5 nitrogen and oxygen atoms in total. The SMILES string of the molecule is Cc1cnc(C(C)Nc2nc3cc(N)ccc3o2)s1. The molecule has 1 aromatic carbocycles. The van der Waals surface area contributed by atoms with E-state index in [1.165, 1.54) is 4.88 Å². The van der Waals surface area contributed by atoms with Crippen molar-refractivity contribution >= 4 is 34.1 Å². The van der Waals surface area contributed by atoms with Crippen LogP contribution in [0.5, 0.6) is 0 Å². The van der Waals surface area contributed by atoms with Crippen LogP contribution in [-0.2, 0) is 0 Å². The summed E-state index contributed by atoms with van der Waals surface area (Å²) in [6.07, 6.45) is 1.87. The van der Waals surface area contributed by atoms with Crippen LogP contribution in [0.25, 0.3) is 11.1 Å². The van der Waals surface area contributed by atoms with Crippen molar-refractivity contribution in [3.63, 3.8) is 0 Å². The van der Waals surface area contributed by atoms with Crippen LogP contribution in [0.4, 0.5) is 11.7 Å². The normalized spacial score (nSPS) is 12.7. The minimum absolute atomic E-state index is 0.0594. The third-order valence-corrected chi connectivity index (χ3v) is 3.86. The number of aromatic nitrogens is 2. The topological polar surface area (TPSA) is 77.0 Å². The van der Waals surface area contributed by atoms with E-state index < -0.39 is 0 Å². The van der Waals surface area contributed by atoms with Crippen molar-refractivity contribution in [3.8, 4) is 0 Å². The van der Waals surface area contributed by atoms with Gasteiger partial charge in [0.05, 0.1) is 6.04 Å². The summed E-state index contributed by atoms with van der Waals surface area (Å²) < 4.78 is 5.62. The van der Waals surface area contributed by atoms with Gasteiger partial charge in [0.25, 0.3) is 6.01 Å². The number of rotatable bonds is 3. The van der Waals surface area contributed by atoms with Gasteiger partial charge in [0.2, 0.25) is 0 Å². The van der Waals surface area contributed by atoms with E-state index in [9.17, 15) is 0 Å². The molecule has 1 atom stereocenters. The van der Waals surface area contributed by atoms with Crippen LogP contribution in [0.2, 0.25) is 0 Å². The second-order valence-electron chi connectivity index (χ2n) is 4.42. The zero-order valence-electron chi connectivity index (χ0n) is 10.7. The van der Waals surface area contributed by atoms with Crippen molar-refractivity contribution < 1.29 is 4.42 Å². The monoisotopic (exact) mass is 274 g/mol. The van der Waals surface area contributed by atoms with Crippen LogP contribution in [0.15, 0.2) is 28.8 Å². The maximum Gasteiger partial charge on any atom is 0.296 e. The Morgan fingerprint density at radius 3 is 3.00 bits per heavy atom. The lowest BCUT2D eigenvalue weighted by atomic mass is 10.3. The summed E-state index contributed by atoms with van der Waals surface area (Å²) in [5, 5.41) is 4.22. The number of anilines is 2. The Morgan fingerprint density at radius 2 is 2.26 bits per heavy atom. The third-order valence-electron chi connectivity index (χ3n) is 2.76. The first-order valence-corrected chi connectivity index (χ1v) is 6.78. The predicted molar refractivity (Wildman–Crippen MR) is 77.3 cm³/mol. The molecular formula is C13H14N4OS. The zero-order valence-corrected chi connectivity index (χ0v) is 11.5. The molecule has 3 N–H and O–H groups in total. The Morgan fingerprint density at radius 1 is 1.42 bits per heavy atom. The number of benzene rings is 1. The lowest BCUT2D eigenvalue weighted by Gasteiger charge is -2.07. The highest BCUT2D eigenvalue weighted by molar-refractivity contribution is 7.11. The third kappa shape index (κ3) is 2.39. The molecule has 2 aromatic heterocycles. The Kier molecular flexibility index (Phi) is 2.87. The van der Waals surface area contributed by atoms with Gasteiger partial charge in [-0.25, -0.2) is 4.98 Å². The number of nitrogens with one attached hydrogen (secondary N) is 1. The molecule has 2 heterocycles. The molecule has 1 unspecified atom stereocenters. The molecule has 0 fully saturated rings. The lowest BCUT2D eigenvalue weighted by molar-refractivity contribution is 0.603. The number of thiazole rings is 1. The van der Waals surface area contributed by atoms with E-state index in [1.807, 2.05) is 26.1 Å². The first-order chi connectivity index (χ1) is 9.11. The largest absolute Gasteiger partial charge is 0.424 e. The zero-order chi connectivity index (χ0) is 13.4. The van der Waals surface area contributed by atoms with Gasteiger partial charge < -0.3 is 15.5 Å². The summed E-state index contributed by atoms with van der Waals surface area (Å²) in [7, 11) is 0. The van der Waals surface area contributed by atoms with Crippen LogP contribution < -0.4 is 11.1 Å². The molecule has 3 rings (SSSR count). The number of oxazole rings is 1. The molecule has 0 aliphatic rings. The first kappa shape index (κ1) is 12.0. The van der Waals surface area contributed by atoms with Crippen molar-refractivity contribution in [3.05, 3.63) is 34.3 Å². The number of nitrogen functional groups attached to an aromatic ring is 1. The fourth-order valence-corrected chi connectivity index (χ4v) is 2.60. The van der Waals surface area contributed by atoms with Crippen LogP contribution in [0.1, 0.15) is 22.9 Å². The number of hydrogen-bond acceptors (Lipinski definition) is 6. The highest BCUT2D eigenvalue weighted by Gasteiger charge is 2.13. The van der Waals surface area contributed by atoms with E-state index in [2.05, 4.69) is 15.3 Å². The van der Waals surface area contributed by atoms with E-state index in [4.69, 9.17) is 10.2 Å². The molecule has 6 heteroatoms. The summed E-state index contributed by atoms with van der Waals surface area (Å²) in [6, 6.07) is 5.96. The maximum atomic E-state index is 5.72. The highest BCUT2D eigenvalue weighted by atomic mass is 32.1. The van der Waals surface area contributed by atoms with Crippen molar-refractivity contribution in [2.75, 3.05) is 11.1 Å². The van der Waals surface area contributed by atoms with E-state index in [0.29, 0.717) is 11.7 Å². The average Bonchev–Trinajstić information content (AvgIpc) is 2.94. The number of nitrogens with zero attached hydrogens (tertiary/aromatic N) is 2. The van der Waals surface area contributed by atoms with Crippen LogP contribution >= 0.6 is 11.3 Å². The lowest BCUT2D eigenvalue weighted by Crippen LogP contribution is -2.06. The second kappa shape index (κ2) is 4.55. The van der Waals surface area contributed by atoms with Gasteiger partial charge in [0, 0.05) is 16.8 Å². The van der Waals surface area contributed by atoms with Gasteiger partial charge in [-0.2, -0.15) is 4.98 Å². The number of hydrogen-bond donors (Lipinski definition) is 2. The summed E-state index contributed by atoms with van der Waals surface area (Å²) in [5.74, 6) is 0.